The number of hydrogen-bond acceptors (Lipinski definition) is 3. The van der Waals surface area contributed by atoms with Crippen LogP contribution in [-0.2, 0) is 0 Å². The van der Waals surface area contributed by atoms with Gasteiger partial charge in [0.1, 0.15) is 12.4 Å². The fourth-order valence-electron chi connectivity index (χ4n) is 2.44. The van der Waals surface area contributed by atoms with Crippen LogP contribution in [0.4, 0.5) is 0 Å². The molecule has 0 saturated heterocycles. The number of hydrogen-bond donors (Lipinski definition) is 1. The van der Waals surface area contributed by atoms with Crippen molar-refractivity contribution >= 4 is 5.91 Å². The van der Waals surface area contributed by atoms with Gasteiger partial charge < -0.3 is 14.7 Å². The smallest absolute Gasteiger partial charge is 0.257 e. The minimum absolute atomic E-state index is 0.0500. The van der Waals surface area contributed by atoms with Crippen molar-refractivity contribution in [2.24, 2.45) is 5.92 Å². The van der Waals surface area contributed by atoms with Crippen LogP contribution in [-0.4, -0.2) is 42.2 Å². The van der Waals surface area contributed by atoms with E-state index in [0.29, 0.717) is 30.4 Å². The Morgan fingerprint density at radius 2 is 2.20 bits per heavy atom. The predicted molar refractivity (Wildman–Crippen MR) is 77.8 cm³/mol. The molecule has 1 saturated carbocycles. The van der Waals surface area contributed by atoms with Gasteiger partial charge in [0.25, 0.3) is 5.91 Å². The van der Waals surface area contributed by atoms with Crippen LogP contribution in [0.2, 0.25) is 0 Å². The van der Waals surface area contributed by atoms with Crippen LogP contribution in [0, 0.1) is 5.92 Å². The molecule has 2 rings (SSSR count). The zero-order valence-electron chi connectivity index (χ0n) is 11.8. The molecule has 0 aliphatic heterocycles. The first-order chi connectivity index (χ1) is 9.61. The van der Waals surface area contributed by atoms with Crippen molar-refractivity contribution in [2.75, 3.05) is 20.2 Å². The van der Waals surface area contributed by atoms with E-state index in [4.69, 9.17) is 4.74 Å². The van der Waals surface area contributed by atoms with Crippen molar-refractivity contribution in [3.05, 3.63) is 42.5 Å². The molecule has 0 bridgehead atoms. The molecule has 1 aromatic rings. The Morgan fingerprint density at radius 3 is 2.85 bits per heavy atom. The summed E-state index contributed by atoms with van der Waals surface area (Å²) in [5.74, 6) is 0.934. The van der Waals surface area contributed by atoms with Gasteiger partial charge in [-0.2, -0.15) is 0 Å². The quantitative estimate of drug-likeness (QED) is 0.809. The maximum absolute atomic E-state index is 12.4. The Labute approximate surface area is 119 Å². The monoisotopic (exact) mass is 275 g/mol. The Bertz CT molecular complexity index is 480. The molecule has 0 atom stereocenters. The molecule has 0 aromatic heterocycles. The molecule has 1 amide bonds. The summed E-state index contributed by atoms with van der Waals surface area (Å²) >= 11 is 0. The summed E-state index contributed by atoms with van der Waals surface area (Å²) in [5, 5.41) is 9.30. The van der Waals surface area contributed by atoms with Crippen molar-refractivity contribution < 1.29 is 14.6 Å². The minimum atomic E-state index is -0.188. The van der Waals surface area contributed by atoms with Crippen LogP contribution in [0.1, 0.15) is 23.2 Å². The van der Waals surface area contributed by atoms with E-state index in [1.54, 1.807) is 30.2 Å². The third-order valence-corrected chi connectivity index (χ3v) is 3.56. The largest absolute Gasteiger partial charge is 0.489 e. The molecule has 0 radical (unpaired) electrons. The molecule has 1 aliphatic carbocycles. The molecule has 4 heteroatoms. The normalized spacial score (nSPS) is 20.9. The first kappa shape index (κ1) is 14.6. The van der Waals surface area contributed by atoms with Gasteiger partial charge in [0.2, 0.25) is 0 Å². The molecule has 1 aliphatic rings. The molecule has 20 heavy (non-hydrogen) atoms. The average Bonchev–Trinajstić information content (AvgIpc) is 2.43. The number of aliphatic hydroxyl groups is 1. The summed E-state index contributed by atoms with van der Waals surface area (Å²) in [6, 6.07) is 7.23. The third-order valence-electron chi connectivity index (χ3n) is 3.56. The van der Waals surface area contributed by atoms with E-state index in [0.717, 1.165) is 12.8 Å². The average molecular weight is 275 g/mol. The molecule has 0 spiro atoms. The fraction of sp³-hybridized carbons (Fsp3) is 0.438. The number of ether oxygens (including phenoxy) is 1. The lowest BCUT2D eigenvalue weighted by Crippen LogP contribution is -2.39. The van der Waals surface area contributed by atoms with Crippen LogP contribution in [0.15, 0.2) is 36.9 Å². The Balaban J connectivity index is 2.01. The maximum Gasteiger partial charge on any atom is 0.257 e. The standard InChI is InChI=1S/C16H21NO3/c1-3-8-20-15-7-5-4-6-14(15)16(19)17(2)11-12-9-13(18)10-12/h3-7,12-13,18H,1,8-11H2,2H3. The number of carbonyl (C=O) groups is 1. The molecule has 1 fully saturated rings. The lowest BCUT2D eigenvalue weighted by molar-refractivity contribution is 0.0264. The van der Waals surface area contributed by atoms with E-state index >= 15 is 0 Å². The minimum Gasteiger partial charge on any atom is -0.489 e. The van der Waals surface area contributed by atoms with Gasteiger partial charge >= 0.3 is 0 Å². The lowest BCUT2D eigenvalue weighted by atomic mass is 9.82. The molecule has 4 nitrogen and oxygen atoms in total. The Hall–Kier alpha value is -1.81. The molecule has 1 N–H and O–H groups in total. The molecule has 1 aromatic carbocycles. The van der Waals surface area contributed by atoms with E-state index in [2.05, 4.69) is 6.58 Å². The van der Waals surface area contributed by atoms with Crippen molar-refractivity contribution in [3.8, 4) is 5.75 Å². The van der Waals surface area contributed by atoms with Gasteiger partial charge in [-0.15, -0.1) is 0 Å². The number of aliphatic hydroxyl groups excluding tert-OH is 1. The summed E-state index contributed by atoms with van der Waals surface area (Å²) in [5.41, 5.74) is 0.566. The molecule has 0 heterocycles. The summed E-state index contributed by atoms with van der Waals surface area (Å²) in [7, 11) is 1.79. The second-order valence-corrected chi connectivity index (χ2v) is 5.27. The van der Waals surface area contributed by atoms with Crippen LogP contribution in [0.25, 0.3) is 0 Å². The predicted octanol–water partition coefficient (Wildman–Crippen LogP) is 2.09. The zero-order valence-corrected chi connectivity index (χ0v) is 11.8. The van der Waals surface area contributed by atoms with E-state index in [1.165, 1.54) is 0 Å². The van der Waals surface area contributed by atoms with Crippen molar-refractivity contribution in [1.82, 2.24) is 4.90 Å². The van der Waals surface area contributed by atoms with Crippen molar-refractivity contribution in [1.29, 1.82) is 0 Å². The Kier molecular flexibility index (Phi) is 4.79. The van der Waals surface area contributed by atoms with Gasteiger partial charge in [0.15, 0.2) is 0 Å². The SMILES string of the molecule is C=CCOc1ccccc1C(=O)N(C)CC1CC(O)C1. The van der Waals surface area contributed by atoms with E-state index in [-0.39, 0.29) is 12.0 Å². The van der Waals surface area contributed by atoms with Crippen LogP contribution in [0.3, 0.4) is 0 Å². The van der Waals surface area contributed by atoms with Gasteiger partial charge in [-0.25, -0.2) is 0 Å². The number of carbonyl (C=O) groups excluding carboxylic acids is 1. The summed E-state index contributed by atoms with van der Waals surface area (Å²) in [6.45, 7) is 4.66. The molecular formula is C16H21NO3. The molecule has 108 valence electrons. The van der Waals surface area contributed by atoms with Gasteiger partial charge in [-0.1, -0.05) is 24.8 Å². The number of rotatable bonds is 6. The lowest BCUT2D eigenvalue weighted by Gasteiger charge is -2.34. The van der Waals surface area contributed by atoms with Crippen LogP contribution in [0.5, 0.6) is 5.75 Å². The highest BCUT2D eigenvalue weighted by Crippen LogP contribution is 2.28. The van der Waals surface area contributed by atoms with Crippen LogP contribution >= 0.6 is 0 Å². The number of benzene rings is 1. The second kappa shape index (κ2) is 6.57. The Morgan fingerprint density at radius 1 is 1.50 bits per heavy atom. The summed E-state index contributed by atoms with van der Waals surface area (Å²) in [6.07, 6.45) is 3.03. The van der Waals surface area contributed by atoms with E-state index in [9.17, 15) is 9.90 Å². The van der Waals surface area contributed by atoms with Crippen molar-refractivity contribution in [3.63, 3.8) is 0 Å². The zero-order chi connectivity index (χ0) is 14.5. The highest BCUT2D eigenvalue weighted by atomic mass is 16.5. The molecule has 0 unspecified atom stereocenters. The highest BCUT2D eigenvalue weighted by molar-refractivity contribution is 5.96. The first-order valence-electron chi connectivity index (χ1n) is 6.88. The second-order valence-electron chi connectivity index (χ2n) is 5.27. The summed E-state index contributed by atoms with van der Waals surface area (Å²) in [4.78, 5) is 14.1. The topological polar surface area (TPSA) is 49.8 Å². The van der Waals surface area contributed by atoms with Crippen molar-refractivity contribution in [2.45, 2.75) is 18.9 Å². The van der Waals surface area contributed by atoms with E-state index in [1.807, 2.05) is 12.1 Å². The van der Waals surface area contributed by atoms with E-state index < -0.39 is 0 Å². The van der Waals surface area contributed by atoms with Gasteiger partial charge in [-0.3, -0.25) is 4.79 Å². The summed E-state index contributed by atoms with van der Waals surface area (Å²) < 4.78 is 5.51. The highest BCUT2D eigenvalue weighted by Gasteiger charge is 2.29. The molecular weight excluding hydrogens is 254 g/mol. The maximum atomic E-state index is 12.4. The third kappa shape index (κ3) is 3.39. The van der Waals surface area contributed by atoms with Gasteiger partial charge in [0, 0.05) is 13.6 Å². The van der Waals surface area contributed by atoms with Gasteiger partial charge in [0.05, 0.1) is 11.7 Å². The number of amides is 1. The fourth-order valence-corrected chi connectivity index (χ4v) is 2.44. The van der Waals surface area contributed by atoms with Gasteiger partial charge in [-0.05, 0) is 30.9 Å². The first-order valence-corrected chi connectivity index (χ1v) is 6.88. The van der Waals surface area contributed by atoms with Crippen LogP contribution < -0.4 is 4.74 Å². The number of para-hydroxylation sites is 1. The number of nitrogens with zero attached hydrogens (tertiary/aromatic N) is 1.